The number of hydrogen-bond acceptors (Lipinski definition) is 2. The van der Waals surface area contributed by atoms with Gasteiger partial charge in [0.1, 0.15) is 5.60 Å². The van der Waals surface area contributed by atoms with Crippen LogP contribution >= 0.6 is 0 Å². The Morgan fingerprint density at radius 3 is 2.10 bits per heavy atom. The lowest BCUT2D eigenvalue weighted by Crippen LogP contribution is -2.59. The molecule has 0 saturated heterocycles. The van der Waals surface area contributed by atoms with E-state index < -0.39 is 5.41 Å². The molecule has 0 aromatic rings. The van der Waals surface area contributed by atoms with E-state index in [1.807, 2.05) is 0 Å². The molecule has 0 radical (unpaired) electrons. The molecule has 6 atom stereocenters. The molecule has 0 heterocycles. The molecule has 174 valence electrons. The van der Waals surface area contributed by atoms with Crippen molar-refractivity contribution in [2.75, 3.05) is 0 Å². The first-order valence-electron chi connectivity index (χ1n) is 12.8. The predicted octanol–water partition coefficient (Wildman–Crippen LogP) is 7.90. The van der Waals surface area contributed by atoms with Crippen molar-refractivity contribution >= 4 is 5.97 Å². The predicted molar refractivity (Wildman–Crippen MR) is 126 cm³/mol. The van der Waals surface area contributed by atoms with E-state index in [1.165, 1.54) is 25.7 Å². The smallest absolute Gasteiger partial charge is 0.312 e. The third kappa shape index (κ3) is 3.21. The lowest BCUT2D eigenvalue weighted by molar-refractivity contribution is -0.215. The molecule has 6 unspecified atom stereocenters. The van der Waals surface area contributed by atoms with Gasteiger partial charge in [0.15, 0.2) is 0 Å². The average Bonchev–Trinajstić information content (AvgIpc) is 3.00. The second-order valence-corrected chi connectivity index (χ2v) is 14.0. The fourth-order valence-corrected chi connectivity index (χ4v) is 8.42. The molecule has 3 rings (SSSR count). The summed E-state index contributed by atoms with van der Waals surface area (Å²) in [5, 5.41) is 0. The summed E-state index contributed by atoms with van der Waals surface area (Å²) in [5.74, 6) is 2.84. The number of hydrogen-bond donors (Lipinski definition) is 0. The summed E-state index contributed by atoms with van der Waals surface area (Å²) in [5.41, 5.74) is -0.150. The molecule has 0 aromatic heterocycles. The van der Waals surface area contributed by atoms with Crippen molar-refractivity contribution in [3.63, 3.8) is 0 Å². The Morgan fingerprint density at radius 2 is 1.60 bits per heavy atom. The number of ether oxygens (including phenoxy) is 1. The first-order valence-corrected chi connectivity index (χ1v) is 12.8. The summed E-state index contributed by atoms with van der Waals surface area (Å²) in [6.07, 6.45) is 7.14. The fraction of sp³-hybridized carbons (Fsp3) is 0.964. The number of carbonyl (C=O) groups excluding carboxylic acids is 1. The van der Waals surface area contributed by atoms with Gasteiger partial charge in [-0.1, -0.05) is 69.2 Å². The van der Waals surface area contributed by atoms with Crippen LogP contribution in [-0.2, 0) is 9.53 Å². The van der Waals surface area contributed by atoms with E-state index >= 15 is 0 Å². The molecule has 3 aliphatic carbocycles. The Kier molecular flexibility index (Phi) is 5.82. The Morgan fingerprint density at radius 1 is 1.00 bits per heavy atom. The normalized spacial score (nSPS) is 39.8. The van der Waals surface area contributed by atoms with Crippen molar-refractivity contribution in [2.45, 2.75) is 120 Å². The summed E-state index contributed by atoms with van der Waals surface area (Å²) in [6, 6.07) is 0. The van der Waals surface area contributed by atoms with Crippen LogP contribution in [0.5, 0.6) is 0 Å². The van der Waals surface area contributed by atoms with Gasteiger partial charge >= 0.3 is 5.97 Å². The van der Waals surface area contributed by atoms with Crippen LogP contribution in [0.4, 0.5) is 0 Å². The van der Waals surface area contributed by atoms with Crippen molar-refractivity contribution in [3.8, 4) is 0 Å². The van der Waals surface area contributed by atoms with Crippen LogP contribution in [0.3, 0.4) is 0 Å². The Balaban J connectivity index is 2.03. The van der Waals surface area contributed by atoms with E-state index in [4.69, 9.17) is 4.74 Å². The topological polar surface area (TPSA) is 26.3 Å². The van der Waals surface area contributed by atoms with Crippen molar-refractivity contribution in [1.29, 1.82) is 0 Å². The van der Waals surface area contributed by atoms with E-state index in [2.05, 4.69) is 76.2 Å². The quantitative estimate of drug-likeness (QED) is 0.424. The molecule has 3 fully saturated rings. The van der Waals surface area contributed by atoms with E-state index in [9.17, 15) is 4.79 Å². The summed E-state index contributed by atoms with van der Waals surface area (Å²) >= 11 is 0. The molecule has 2 bridgehead atoms. The zero-order valence-corrected chi connectivity index (χ0v) is 21.9. The van der Waals surface area contributed by atoms with Gasteiger partial charge in [-0.15, -0.1) is 0 Å². The zero-order valence-electron chi connectivity index (χ0n) is 21.9. The maximum absolute atomic E-state index is 13.9. The summed E-state index contributed by atoms with van der Waals surface area (Å²) < 4.78 is 6.89. The van der Waals surface area contributed by atoms with Gasteiger partial charge in [-0.2, -0.15) is 0 Å². The van der Waals surface area contributed by atoms with Crippen LogP contribution in [0.15, 0.2) is 0 Å². The summed E-state index contributed by atoms with van der Waals surface area (Å²) in [7, 11) is 0. The maximum Gasteiger partial charge on any atom is 0.312 e. The van der Waals surface area contributed by atoms with Crippen molar-refractivity contribution < 1.29 is 9.53 Å². The van der Waals surface area contributed by atoms with Crippen LogP contribution in [0.1, 0.15) is 115 Å². The lowest BCUT2D eigenvalue weighted by Gasteiger charge is -2.56. The Hall–Kier alpha value is -0.530. The van der Waals surface area contributed by atoms with Gasteiger partial charge in [-0.05, 0) is 80.0 Å². The number of fused-ring (bicyclic) bond motifs is 1. The molecule has 0 amide bonds. The highest BCUT2D eigenvalue weighted by Crippen LogP contribution is 2.75. The minimum absolute atomic E-state index is 0.0537. The molecule has 1 spiro atoms. The Labute approximate surface area is 187 Å². The van der Waals surface area contributed by atoms with Crippen LogP contribution in [-0.4, -0.2) is 11.6 Å². The van der Waals surface area contributed by atoms with Crippen LogP contribution in [0.25, 0.3) is 0 Å². The number of esters is 1. The van der Waals surface area contributed by atoms with Gasteiger partial charge in [-0.3, -0.25) is 4.79 Å². The molecule has 0 N–H and O–H groups in total. The average molecular weight is 419 g/mol. The molecule has 30 heavy (non-hydrogen) atoms. The Bertz CT molecular complexity index is 669. The van der Waals surface area contributed by atoms with E-state index in [1.54, 1.807) is 0 Å². The first kappa shape index (κ1) is 24.1. The highest BCUT2D eigenvalue weighted by Gasteiger charge is 2.72. The standard InChI is InChI=1S/C28H50O2/c1-18(2)16-26(11,19(3)4)23(29)30-28(24(6,7)8)15-14-27-17-22(28)25(9,10)21(27)13-12-20(27)5/h18-22H,12-17H2,1-11H3. The van der Waals surface area contributed by atoms with Gasteiger partial charge in [-0.25, -0.2) is 0 Å². The van der Waals surface area contributed by atoms with Crippen LogP contribution in [0, 0.1) is 51.2 Å². The zero-order chi connectivity index (χ0) is 22.9. The SMILES string of the molecule is CC(C)CC(C)(C(=O)OC1(C(C)(C)C)CCC23CC1C(C)(C)C2CCC3C)C(C)C. The lowest BCUT2D eigenvalue weighted by atomic mass is 9.56. The van der Waals surface area contributed by atoms with E-state index in [0.29, 0.717) is 17.3 Å². The van der Waals surface area contributed by atoms with Crippen molar-refractivity contribution in [3.05, 3.63) is 0 Å². The van der Waals surface area contributed by atoms with Gasteiger partial charge in [0, 0.05) is 11.3 Å². The van der Waals surface area contributed by atoms with Gasteiger partial charge in [0.2, 0.25) is 0 Å². The largest absolute Gasteiger partial charge is 0.458 e. The maximum atomic E-state index is 13.9. The van der Waals surface area contributed by atoms with Crippen LogP contribution in [0.2, 0.25) is 0 Å². The highest BCUT2D eigenvalue weighted by molar-refractivity contribution is 5.77. The van der Waals surface area contributed by atoms with Gasteiger partial charge in [0.25, 0.3) is 0 Å². The minimum Gasteiger partial charge on any atom is -0.458 e. The number of carbonyl (C=O) groups is 1. The summed E-state index contributed by atoms with van der Waals surface area (Å²) in [4.78, 5) is 13.9. The fourth-order valence-electron chi connectivity index (χ4n) is 8.42. The third-order valence-corrected chi connectivity index (χ3v) is 10.6. The highest BCUT2D eigenvalue weighted by atomic mass is 16.6. The number of rotatable bonds is 5. The van der Waals surface area contributed by atoms with Gasteiger partial charge < -0.3 is 4.74 Å². The molecule has 0 aromatic carbocycles. The van der Waals surface area contributed by atoms with E-state index in [-0.39, 0.29) is 28.3 Å². The third-order valence-electron chi connectivity index (χ3n) is 10.6. The molecule has 2 heteroatoms. The van der Waals surface area contributed by atoms with E-state index in [0.717, 1.165) is 24.7 Å². The van der Waals surface area contributed by atoms with Gasteiger partial charge in [0.05, 0.1) is 5.41 Å². The minimum atomic E-state index is -0.423. The second kappa shape index (κ2) is 7.24. The molecular weight excluding hydrogens is 368 g/mol. The van der Waals surface area contributed by atoms with Crippen molar-refractivity contribution in [2.24, 2.45) is 51.2 Å². The molecular formula is C28H50O2. The molecule has 3 saturated carbocycles. The monoisotopic (exact) mass is 418 g/mol. The molecule has 0 aliphatic heterocycles. The van der Waals surface area contributed by atoms with Crippen LogP contribution < -0.4 is 0 Å². The first-order chi connectivity index (χ1) is 13.5. The second-order valence-electron chi connectivity index (χ2n) is 14.0. The summed E-state index contributed by atoms with van der Waals surface area (Å²) in [6.45, 7) is 25.4. The van der Waals surface area contributed by atoms with Crippen molar-refractivity contribution in [1.82, 2.24) is 0 Å². The molecule has 2 nitrogen and oxygen atoms in total. The molecule has 3 aliphatic rings.